The van der Waals surface area contributed by atoms with E-state index in [-0.39, 0.29) is 10.6 Å². The van der Waals surface area contributed by atoms with E-state index in [2.05, 4.69) is 4.74 Å². The average molecular weight is 265 g/mol. The number of rotatable bonds is 2. The highest BCUT2D eigenvalue weighted by atomic mass is 35.5. The molecule has 0 aromatic heterocycles. The normalized spacial score (nSPS) is 30.3. The molecule has 0 aliphatic heterocycles. The lowest BCUT2D eigenvalue weighted by molar-refractivity contribution is -0.158. The fourth-order valence-electron chi connectivity index (χ4n) is 1.47. The van der Waals surface area contributed by atoms with Gasteiger partial charge in [0.25, 0.3) is 0 Å². The third-order valence-electron chi connectivity index (χ3n) is 2.29. The Bertz CT molecular complexity index is 400. The van der Waals surface area contributed by atoms with Gasteiger partial charge < -0.3 is 9.84 Å². The van der Waals surface area contributed by atoms with Crippen molar-refractivity contribution in [1.29, 1.82) is 0 Å². The number of hydrogen-bond acceptors (Lipinski definition) is 4. The van der Waals surface area contributed by atoms with E-state index in [4.69, 9.17) is 23.2 Å². The molecule has 0 saturated carbocycles. The monoisotopic (exact) mass is 264 g/mol. The topological polar surface area (TPSA) is 63.6 Å². The largest absolute Gasteiger partial charge is 0.467 e. The van der Waals surface area contributed by atoms with Gasteiger partial charge >= 0.3 is 5.97 Å². The Morgan fingerprint density at radius 2 is 2.19 bits per heavy atom. The van der Waals surface area contributed by atoms with Gasteiger partial charge in [-0.1, -0.05) is 23.8 Å². The van der Waals surface area contributed by atoms with Crippen molar-refractivity contribution in [2.24, 2.45) is 0 Å². The smallest absolute Gasteiger partial charge is 0.344 e. The van der Waals surface area contributed by atoms with E-state index in [0.717, 1.165) is 7.11 Å². The van der Waals surface area contributed by atoms with Gasteiger partial charge in [-0.25, -0.2) is 4.79 Å². The summed E-state index contributed by atoms with van der Waals surface area (Å²) in [7, 11) is 1.09. The number of methoxy groups -OCH3 is 1. The van der Waals surface area contributed by atoms with Gasteiger partial charge in [0.2, 0.25) is 5.60 Å². The molecule has 1 aliphatic rings. The van der Waals surface area contributed by atoms with Gasteiger partial charge in [0.05, 0.1) is 12.1 Å². The highest BCUT2D eigenvalue weighted by Crippen LogP contribution is 2.40. The molecule has 1 N–H and O–H groups in total. The SMILES string of the molecule is C/C=C/C1=C(Cl)C(=O)[C@@H](Cl)[C@@]1(O)C(=O)OC. The summed E-state index contributed by atoms with van der Waals surface area (Å²) in [5.41, 5.74) is -2.25. The third-order valence-corrected chi connectivity index (χ3v) is 3.19. The van der Waals surface area contributed by atoms with Crippen LogP contribution < -0.4 is 0 Å². The summed E-state index contributed by atoms with van der Waals surface area (Å²) < 4.78 is 4.43. The van der Waals surface area contributed by atoms with Gasteiger partial charge in [-0.05, 0) is 6.92 Å². The van der Waals surface area contributed by atoms with E-state index in [1.807, 2.05) is 0 Å². The number of ketones is 1. The predicted octanol–water partition coefficient (Wildman–Crippen LogP) is 1.15. The summed E-state index contributed by atoms with van der Waals surface area (Å²) in [5.74, 6) is -1.70. The first-order valence-electron chi connectivity index (χ1n) is 4.43. The third kappa shape index (κ3) is 1.67. The van der Waals surface area contributed by atoms with Crippen LogP contribution in [0.1, 0.15) is 6.92 Å². The number of ether oxygens (including phenoxy) is 1. The first-order valence-corrected chi connectivity index (χ1v) is 5.24. The number of carbonyl (C=O) groups is 2. The zero-order valence-corrected chi connectivity index (χ0v) is 10.2. The number of esters is 1. The molecule has 1 rings (SSSR count). The second-order valence-corrected chi connectivity index (χ2v) is 4.03. The van der Waals surface area contributed by atoms with Gasteiger partial charge in [0, 0.05) is 5.57 Å². The first kappa shape index (κ1) is 13.2. The molecule has 2 atom stereocenters. The zero-order valence-electron chi connectivity index (χ0n) is 8.66. The van der Waals surface area contributed by atoms with E-state index in [9.17, 15) is 14.7 Å². The number of aliphatic hydroxyl groups is 1. The summed E-state index contributed by atoms with van der Waals surface area (Å²) in [6.45, 7) is 1.65. The van der Waals surface area contributed by atoms with Crippen LogP contribution in [0.25, 0.3) is 0 Å². The van der Waals surface area contributed by atoms with Crippen LogP contribution >= 0.6 is 23.2 Å². The van der Waals surface area contributed by atoms with Crippen LogP contribution in [-0.2, 0) is 14.3 Å². The standard InChI is InChI=1S/C10H10Cl2O4/c1-3-4-5-6(11)7(13)8(12)10(5,15)9(14)16-2/h3-4,8,15H,1-2H3/b4-3+/t8-,10-/m1/s1. The highest BCUT2D eigenvalue weighted by Gasteiger charge is 2.57. The van der Waals surface area contributed by atoms with E-state index in [0.29, 0.717) is 0 Å². The molecular weight excluding hydrogens is 255 g/mol. The van der Waals surface area contributed by atoms with Crippen LogP contribution in [0.4, 0.5) is 0 Å². The summed E-state index contributed by atoms with van der Waals surface area (Å²) in [4.78, 5) is 23.0. The molecule has 16 heavy (non-hydrogen) atoms. The minimum absolute atomic E-state index is 0.0338. The summed E-state index contributed by atoms with van der Waals surface area (Å²) in [6, 6.07) is 0. The molecule has 0 bridgehead atoms. The number of hydrogen-bond donors (Lipinski definition) is 1. The predicted molar refractivity (Wildman–Crippen MR) is 59.3 cm³/mol. The summed E-state index contributed by atoms with van der Waals surface area (Å²) in [5, 5.41) is 8.44. The van der Waals surface area contributed by atoms with Crippen LogP contribution in [0.5, 0.6) is 0 Å². The second kappa shape index (κ2) is 4.57. The molecule has 0 aromatic carbocycles. The molecule has 0 aromatic rings. The number of allylic oxidation sites excluding steroid dienone is 2. The second-order valence-electron chi connectivity index (χ2n) is 3.21. The van der Waals surface area contributed by atoms with Crippen molar-refractivity contribution < 1.29 is 19.4 Å². The Labute approximate surface area is 102 Å². The molecule has 4 nitrogen and oxygen atoms in total. The molecule has 0 spiro atoms. The molecule has 0 heterocycles. The molecule has 0 saturated heterocycles. The van der Waals surface area contributed by atoms with E-state index in [1.54, 1.807) is 6.92 Å². The lowest BCUT2D eigenvalue weighted by atomic mass is 9.95. The zero-order chi connectivity index (χ0) is 12.5. The highest BCUT2D eigenvalue weighted by molar-refractivity contribution is 6.52. The Hall–Kier alpha value is -0.840. The van der Waals surface area contributed by atoms with Crippen molar-refractivity contribution in [1.82, 2.24) is 0 Å². The van der Waals surface area contributed by atoms with Gasteiger partial charge in [0.1, 0.15) is 5.38 Å². The van der Waals surface area contributed by atoms with Crippen molar-refractivity contribution in [2.45, 2.75) is 17.9 Å². The molecule has 88 valence electrons. The van der Waals surface area contributed by atoms with E-state index in [1.165, 1.54) is 12.2 Å². The first-order chi connectivity index (χ1) is 7.41. The summed E-state index contributed by atoms with van der Waals surface area (Å²) >= 11 is 11.4. The van der Waals surface area contributed by atoms with E-state index >= 15 is 0 Å². The van der Waals surface area contributed by atoms with Crippen molar-refractivity contribution in [3.8, 4) is 0 Å². The van der Waals surface area contributed by atoms with Crippen molar-refractivity contribution >= 4 is 35.0 Å². The fraction of sp³-hybridized carbons (Fsp3) is 0.400. The number of halogens is 2. The Balaban J connectivity index is 3.37. The Morgan fingerprint density at radius 3 is 2.62 bits per heavy atom. The quantitative estimate of drug-likeness (QED) is 0.601. The van der Waals surface area contributed by atoms with Gasteiger partial charge in [-0.3, -0.25) is 4.79 Å². The van der Waals surface area contributed by atoms with Crippen LogP contribution in [-0.4, -0.2) is 34.9 Å². The maximum Gasteiger partial charge on any atom is 0.344 e. The molecular formula is C10H10Cl2O4. The minimum Gasteiger partial charge on any atom is -0.467 e. The van der Waals surface area contributed by atoms with Crippen LogP contribution in [0.15, 0.2) is 22.8 Å². The van der Waals surface area contributed by atoms with Gasteiger partial charge in [-0.2, -0.15) is 0 Å². The Kier molecular flexibility index (Phi) is 3.78. The van der Waals surface area contributed by atoms with Crippen molar-refractivity contribution in [3.05, 3.63) is 22.8 Å². The summed E-state index contributed by atoms with van der Waals surface area (Å²) in [6.07, 6.45) is 2.90. The van der Waals surface area contributed by atoms with Gasteiger partial charge in [-0.15, -0.1) is 11.6 Å². The molecule has 0 radical (unpaired) electrons. The maximum atomic E-state index is 11.5. The lowest BCUT2D eigenvalue weighted by Gasteiger charge is -2.23. The number of alkyl halides is 1. The fourth-order valence-corrected chi connectivity index (χ4v) is 2.16. The maximum absolute atomic E-state index is 11.5. The molecule has 0 amide bonds. The van der Waals surface area contributed by atoms with Crippen LogP contribution in [0, 0.1) is 0 Å². The van der Waals surface area contributed by atoms with E-state index < -0.39 is 22.7 Å². The molecule has 0 fully saturated rings. The number of carbonyl (C=O) groups excluding carboxylic acids is 2. The number of Topliss-reactive ketones (excluding diaryl/α,β-unsaturated/α-hetero) is 1. The Morgan fingerprint density at radius 1 is 1.62 bits per heavy atom. The van der Waals surface area contributed by atoms with Crippen molar-refractivity contribution in [3.63, 3.8) is 0 Å². The molecule has 6 heteroatoms. The lowest BCUT2D eigenvalue weighted by Crippen LogP contribution is -2.48. The molecule has 1 aliphatic carbocycles. The minimum atomic E-state index is -2.21. The van der Waals surface area contributed by atoms with Crippen molar-refractivity contribution in [2.75, 3.05) is 7.11 Å². The molecule has 0 unspecified atom stereocenters. The van der Waals surface area contributed by atoms with Crippen LogP contribution in [0.2, 0.25) is 0 Å². The van der Waals surface area contributed by atoms with Crippen LogP contribution in [0.3, 0.4) is 0 Å². The van der Waals surface area contributed by atoms with Gasteiger partial charge in [0.15, 0.2) is 5.78 Å². The average Bonchev–Trinajstić information content (AvgIpc) is 2.44.